The molecule has 0 unspecified atom stereocenters. The number of halogens is 3. The third-order valence-corrected chi connectivity index (χ3v) is 5.78. The van der Waals surface area contributed by atoms with Gasteiger partial charge in [-0.2, -0.15) is 13.2 Å². The van der Waals surface area contributed by atoms with Crippen LogP contribution in [-0.2, 0) is 6.18 Å². The maximum Gasteiger partial charge on any atom is 0.416 e. The third kappa shape index (κ3) is 5.54. The van der Waals surface area contributed by atoms with Crippen molar-refractivity contribution in [3.63, 3.8) is 0 Å². The van der Waals surface area contributed by atoms with Gasteiger partial charge in [0.25, 0.3) is 0 Å². The molecule has 37 heavy (non-hydrogen) atoms. The van der Waals surface area contributed by atoms with Gasteiger partial charge in [-0.25, -0.2) is 14.8 Å². The third-order valence-electron chi connectivity index (χ3n) is 5.78. The molecule has 9 nitrogen and oxygen atoms in total. The van der Waals surface area contributed by atoms with Gasteiger partial charge < -0.3 is 19.6 Å². The fourth-order valence-electron chi connectivity index (χ4n) is 3.86. The molecule has 3 heterocycles. The number of carbonyl (C=O) groups is 1. The number of aromatic nitrogens is 3. The molecule has 1 aliphatic heterocycles. The second-order valence-corrected chi connectivity index (χ2v) is 8.20. The van der Waals surface area contributed by atoms with Crippen LogP contribution in [0.2, 0.25) is 0 Å². The first-order chi connectivity index (χ1) is 17.8. The van der Waals surface area contributed by atoms with Gasteiger partial charge in [-0.05, 0) is 24.3 Å². The van der Waals surface area contributed by atoms with Crippen LogP contribution in [-0.4, -0.2) is 62.3 Å². The van der Waals surface area contributed by atoms with Crippen LogP contribution in [0.25, 0.3) is 22.2 Å². The maximum absolute atomic E-state index is 12.8. The van der Waals surface area contributed by atoms with Crippen molar-refractivity contribution >= 4 is 17.0 Å². The van der Waals surface area contributed by atoms with Crippen LogP contribution in [0.1, 0.15) is 5.56 Å². The summed E-state index contributed by atoms with van der Waals surface area (Å²) in [6.45, 7) is 1.58. The Morgan fingerprint density at radius 2 is 1.68 bits per heavy atom. The highest BCUT2D eigenvalue weighted by Gasteiger charge is 2.30. The number of rotatable bonds is 5. The second-order valence-electron chi connectivity index (χ2n) is 8.20. The first-order valence-electron chi connectivity index (χ1n) is 11.2. The van der Waals surface area contributed by atoms with Crippen molar-refractivity contribution in [3.8, 4) is 28.6 Å². The summed E-state index contributed by atoms with van der Waals surface area (Å²) in [5, 5.41) is 11.5. The van der Waals surface area contributed by atoms with Crippen LogP contribution in [0.4, 0.5) is 18.0 Å². The van der Waals surface area contributed by atoms with E-state index in [-0.39, 0.29) is 5.88 Å². The number of pyridine rings is 1. The molecular formula is C25H20F3N5O4. The van der Waals surface area contributed by atoms with Gasteiger partial charge in [-0.3, -0.25) is 4.98 Å². The number of hydroxylamine groups is 2. The molecule has 1 amide bonds. The number of nitrogens with zero attached hydrogens (tertiary/aromatic N) is 5. The van der Waals surface area contributed by atoms with E-state index in [2.05, 4.69) is 15.0 Å². The summed E-state index contributed by atoms with van der Waals surface area (Å²) in [6.07, 6.45) is -2.49. The normalized spacial score (nSPS) is 14.5. The topological polar surface area (TPSA) is 101 Å². The van der Waals surface area contributed by atoms with Crippen molar-refractivity contribution in [1.82, 2.24) is 24.9 Å². The minimum Gasteiger partial charge on any atom is -0.465 e. The van der Waals surface area contributed by atoms with E-state index in [4.69, 9.17) is 14.7 Å². The molecule has 0 aliphatic carbocycles. The number of alkyl halides is 3. The Bertz CT molecular complexity index is 1420. The standard InChI is InChI=1S/C25H20F3N5O4/c26-25(27,28)17-3-1-16(2-4-17)20-14-23(31-15-30-20)36-18-5-6-19-21(13-18)29-8-7-22(19)37-33-11-9-32(10-12-33)24(34)35/h1-8,13-15H,9-12H2,(H,34,35). The predicted octanol–water partition coefficient (Wildman–Crippen LogP) is 5.09. The second kappa shape index (κ2) is 9.90. The van der Waals surface area contributed by atoms with Crippen LogP contribution in [0.15, 0.2) is 67.1 Å². The summed E-state index contributed by atoms with van der Waals surface area (Å²) in [6, 6.07) is 13.2. The summed E-state index contributed by atoms with van der Waals surface area (Å²) in [5.74, 6) is 1.24. The lowest BCUT2D eigenvalue weighted by Gasteiger charge is -2.32. The van der Waals surface area contributed by atoms with Crippen LogP contribution in [0.3, 0.4) is 0 Å². The number of ether oxygens (including phenoxy) is 1. The van der Waals surface area contributed by atoms with Crippen molar-refractivity contribution in [2.75, 3.05) is 26.2 Å². The number of hydrogen-bond acceptors (Lipinski definition) is 7. The molecular weight excluding hydrogens is 491 g/mol. The van der Waals surface area contributed by atoms with Gasteiger partial charge in [0.15, 0.2) is 5.75 Å². The molecule has 190 valence electrons. The minimum atomic E-state index is -4.41. The Morgan fingerprint density at radius 1 is 0.919 bits per heavy atom. The minimum absolute atomic E-state index is 0.216. The van der Waals surface area contributed by atoms with Gasteiger partial charge in [0.2, 0.25) is 5.88 Å². The number of hydrogen-bond donors (Lipinski definition) is 1. The monoisotopic (exact) mass is 511 g/mol. The first kappa shape index (κ1) is 24.3. The molecule has 1 N–H and O–H groups in total. The van der Waals surface area contributed by atoms with E-state index in [9.17, 15) is 18.0 Å². The summed E-state index contributed by atoms with van der Waals surface area (Å²) in [5.41, 5.74) is 0.773. The number of benzene rings is 2. The molecule has 0 radical (unpaired) electrons. The summed E-state index contributed by atoms with van der Waals surface area (Å²) >= 11 is 0. The molecule has 1 saturated heterocycles. The Hall–Kier alpha value is -4.45. The van der Waals surface area contributed by atoms with E-state index in [1.54, 1.807) is 35.5 Å². The maximum atomic E-state index is 12.8. The zero-order chi connectivity index (χ0) is 26.0. The molecule has 5 rings (SSSR count). The first-order valence-corrected chi connectivity index (χ1v) is 11.2. The molecule has 1 fully saturated rings. The predicted molar refractivity (Wildman–Crippen MR) is 126 cm³/mol. The molecule has 2 aromatic heterocycles. The van der Waals surface area contributed by atoms with Gasteiger partial charge in [-0.1, -0.05) is 12.1 Å². The Labute approximate surface area is 208 Å². The number of amides is 1. The molecule has 0 bridgehead atoms. The highest BCUT2D eigenvalue weighted by molar-refractivity contribution is 5.86. The van der Waals surface area contributed by atoms with Gasteiger partial charge in [0.1, 0.15) is 12.1 Å². The van der Waals surface area contributed by atoms with Crippen molar-refractivity contribution in [1.29, 1.82) is 0 Å². The van der Waals surface area contributed by atoms with E-state index < -0.39 is 17.8 Å². The van der Waals surface area contributed by atoms with Crippen molar-refractivity contribution in [3.05, 3.63) is 72.7 Å². The smallest absolute Gasteiger partial charge is 0.416 e. The van der Waals surface area contributed by atoms with Crippen LogP contribution in [0, 0.1) is 0 Å². The molecule has 1 aliphatic rings. The number of piperazine rings is 1. The molecule has 2 aromatic carbocycles. The zero-order valence-electron chi connectivity index (χ0n) is 19.2. The highest BCUT2D eigenvalue weighted by atomic mass is 19.4. The average molecular weight is 511 g/mol. The lowest BCUT2D eigenvalue weighted by molar-refractivity contribution is -0.137. The summed E-state index contributed by atoms with van der Waals surface area (Å²) < 4.78 is 44.4. The molecule has 0 spiro atoms. The quantitative estimate of drug-likeness (QED) is 0.395. The molecule has 0 saturated carbocycles. The Morgan fingerprint density at radius 3 is 2.38 bits per heavy atom. The van der Waals surface area contributed by atoms with Crippen molar-refractivity contribution in [2.45, 2.75) is 6.18 Å². The lowest BCUT2D eigenvalue weighted by atomic mass is 10.1. The van der Waals surface area contributed by atoms with Gasteiger partial charge in [0, 0.05) is 48.4 Å². The fraction of sp³-hybridized carbons (Fsp3) is 0.200. The van der Waals surface area contributed by atoms with Gasteiger partial charge in [0.05, 0.1) is 29.9 Å². The van der Waals surface area contributed by atoms with E-state index in [0.29, 0.717) is 54.5 Å². The van der Waals surface area contributed by atoms with Gasteiger partial charge in [-0.15, -0.1) is 5.06 Å². The highest BCUT2D eigenvalue weighted by Crippen LogP contribution is 2.32. The summed E-state index contributed by atoms with van der Waals surface area (Å²) in [4.78, 5) is 31.0. The van der Waals surface area contributed by atoms with Crippen LogP contribution >= 0.6 is 0 Å². The van der Waals surface area contributed by atoms with E-state index >= 15 is 0 Å². The van der Waals surface area contributed by atoms with Crippen molar-refractivity contribution in [2.24, 2.45) is 0 Å². The lowest BCUT2D eigenvalue weighted by Crippen LogP contribution is -2.49. The molecule has 4 aromatic rings. The Balaban J connectivity index is 1.31. The fourth-order valence-corrected chi connectivity index (χ4v) is 3.86. The SMILES string of the molecule is O=C(O)N1CCN(Oc2ccnc3cc(Oc4cc(-c5ccc(C(F)(F)F)cc5)ncn4)ccc23)CC1. The van der Waals surface area contributed by atoms with Crippen LogP contribution < -0.4 is 9.57 Å². The number of fused-ring (bicyclic) bond motifs is 1. The summed E-state index contributed by atoms with van der Waals surface area (Å²) in [7, 11) is 0. The van der Waals surface area contributed by atoms with E-state index in [1.807, 2.05) is 0 Å². The largest absolute Gasteiger partial charge is 0.465 e. The Kier molecular flexibility index (Phi) is 6.49. The van der Waals surface area contributed by atoms with E-state index in [0.717, 1.165) is 17.5 Å². The zero-order valence-corrected chi connectivity index (χ0v) is 19.2. The van der Waals surface area contributed by atoms with Crippen LogP contribution in [0.5, 0.6) is 17.4 Å². The van der Waals surface area contributed by atoms with Crippen molar-refractivity contribution < 1.29 is 32.6 Å². The molecule has 0 atom stereocenters. The number of carboxylic acid groups (broad SMARTS) is 1. The van der Waals surface area contributed by atoms with Gasteiger partial charge >= 0.3 is 12.3 Å². The molecule has 12 heteroatoms. The average Bonchev–Trinajstić information content (AvgIpc) is 2.89. The van der Waals surface area contributed by atoms with E-state index in [1.165, 1.54) is 29.4 Å².